The van der Waals surface area contributed by atoms with Gasteiger partial charge in [-0.15, -0.1) is 0 Å². The van der Waals surface area contributed by atoms with Crippen LogP contribution < -0.4 is 10.6 Å². The van der Waals surface area contributed by atoms with Crippen molar-refractivity contribution in [3.8, 4) is 0 Å². The number of rotatable bonds is 10. The zero-order chi connectivity index (χ0) is 18.1. The number of unbranched alkanes of at least 4 members (excludes halogenated alkanes) is 3. The summed E-state index contributed by atoms with van der Waals surface area (Å²) in [6.45, 7) is 2.74. The van der Waals surface area contributed by atoms with Gasteiger partial charge >= 0.3 is 0 Å². The summed E-state index contributed by atoms with van der Waals surface area (Å²) >= 11 is 0. The molecule has 0 unspecified atom stereocenters. The topological polar surface area (TPSA) is 74.0 Å². The molecule has 1 aromatic carbocycles. The molecule has 5 nitrogen and oxygen atoms in total. The first-order valence-electron chi connectivity index (χ1n) is 9.15. The van der Waals surface area contributed by atoms with Gasteiger partial charge in [0, 0.05) is 43.0 Å². The number of para-hydroxylation sites is 1. The minimum Gasteiger partial charge on any atom is -0.359 e. The van der Waals surface area contributed by atoms with E-state index >= 15 is 0 Å². The first-order chi connectivity index (χ1) is 12.1. The molecule has 1 aromatic heterocycles. The third-order valence-corrected chi connectivity index (χ3v) is 4.56. The molecule has 25 heavy (non-hydrogen) atoms. The van der Waals surface area contributed by atoms with Crippen LogP contribution >= 0.6 is 0 Å². The lowest BCUT2D eigenvalue weighted by Crippen LogP contribution is -2.25. The van der Waals surface area contributed by atoms with Crippen molar-refractivity contribution >= 4 is 22.7 Å². The maximum atomic E-state index is 11.9. The van der Waals surface area contributed by atoms with Crippen LogP contribution in [0.3, 0.4) is 0 Å². The highest BCUT2D eigenvalue weighted by atomic mass is 16.2. The fraction of sp³-hybridized carbons (Fsp3) is 0.500. The van der Waals surface area contributed by atoms with E-state index in [-0.39, 0.29) is 11.8 Å². The van der Waals surface area contributed by atoms with Crippen LogP contribution in [0.5, 0.6) is 0 Å². The van der Waals surface area contributed by atoms with Crippen molar-refractivity contribution in [3.63, 3.8) is 0 Å². The summed E-state index contributed by atoms with van der Waals surface area (Å²) in [7, 11) is 1.66. The summed E-state index contributed by atoms with van der Waals surface area (Å²) < 4.78 is 0. The second-order valence-corrected chi connectivity index (χ2v) is 6.46. The standard InChI is InChI=1S/C20H29N3O2/c1-15-16(17-9-7-8-10-18(17)23-15)13-14-22-20(25)12-6-4-3-5-11-19(24)21-2/h7-10,23H,3-6,11-14H2,1-2H3,(H,21,24)(H,22,25). The highest BCUT2D eigenvalue weighted by molar-refractivity contribution is 5.84. The lowest BCUT2D eigenvalue weighted by atomic mass is 10.1. The number of amides is 2. The van der Waals surface area contributed by atoms with Gasteiger partial charge in [0.05, 0.1) is 0 Å². The van der Waals surface area contributed by atoms with Crippen LogP contribution in [0.15, 0.2) is 24.3 Å². The fourth-order valence-corrected chi connectivity index (χ4v) is 3.12. The van der Waals surface area contributed by atoms with Gasteiger partial charge < -0.3 is 15.6 Å². The maximum absolute atomic E-state index is 11.9. The molecule has 136 valence electrons. The third-order valence-electron chi connectivity index (χ3n) is 4.56. The molecule has 0 fully saturated rings. The second kappa shape index (κ2) is 9.87. The van der Waals surface area contributed by atoms with Gasteiger partial charge in [-0.2, -0.15) is 0 Å². The Bertz CT molecular complexity index is 706. The smallest absolute Gasteiger partial charge is 0.220 e. The Morgan fingerprint density at radius 2 is 1.68 bits per heavy atom. The molecule has 5 heteroatoms. The minimum atomic E-state index is 0.0883. The zero-order valence-corrected chi connectivity index (χ0v) is 15.3. The Balaban J connectivity index is 1.62. The molecule has 0 saturated carbocycles. The monoisotopic (exact) mass is 343 g/mol. The molecule has 2 aromatic rings. The van der Waals surface area contributed by atoms with E-state index < -0.39 is 0 Å². The Morgan fingerprint density at radius 3 is 2.40 bits per heavy atom. The molecular weight excluding hydrogens is 314 g/mol. The van der Waals surface area contributed by atoms with Crippen LogP contribution in [-0.2, 0) is 16.0 Å². The largest absolute Gasteiger partial charge is 0.359 e. The number of carbonyl (C=O) groups is 2. The molecule has 2 rings (SSSR count). The number of fused-ring (bicyclic) bond motifs is 1. The normalized spacial score (nSPS) is 10.8. The van der Waals surface area contributed by atoms with E-state index in [2.05, 4.69) is 34.7 Å². The molecule has 0 aliphatic rings. The lowest BCUT2D eigenvalue weighted by molar-refractivity contribution is -0.122. The Kier molecular flexibility index (Phi) is 7.51. The summed E-state index contributed by atoms with van der Waals surface area (Å²) in [4.78, 5) is 26.4. The SMILES string of the molecule is CNC(=O)CCCCCCC(=O)NCCc1c(C)[nH]c2ccccc12. The zero-order valence-electron chi connectivity index (χ0n) is 15.3. The van der Waals surface area contributed by atoms with Crippen molar-refractivity contribution in [1.82, 2.24) is 15.6 Å². The van der Waals surface area contributed by atoms with Gasteiger partial charge in [-0.3, -0.25) is 9.59 Å². The Morgan fingerprint density at radius 1 is 1.00 bits per heavy atom. The van der Waals surface area contributed by atoms with Crippen LogP contribution in [0.4, 0.5) is 0 Å². The summed E-state index contributed by atoms with van der Waals surface area (Å²) in [5.41, 5.74) is 3.61. The summed E-state index contributed by atoms with van der Waals surface area (Å²) in [6, 6.07) is 8.27. The molecular formula is C20H29N3O2. The van der Waals surface area contributed by atoms with Gasteiger partial charge in [0.15, 0.2) is 0 Å². The average molecular weight is 343 g/mol. The molecule has 3 N–H and O–H groups in total. The Hall–Kier alpha value is -2.30. The number of nitrogens with one attached hydrogen (secondary N) is 3. The Labute approximate surface area is 149 Å². The quantitative estimate of drug-likeness (QED) is 0.580. The lowest BCUT2D eigenvalue weighted by Gasteiger charge is -2.06. The van der Waals surface area contributed by atoms with Crippen molar-refractivity contribution in [2.45, 2.75) is 51.9 Å². The number of aromatic amines is 1. The molecule has 0 spiro atoms. The van der Waals surface area contributed by atoms with Crippen LogP contribution in [0.1, 0.15) is 49.8 Å². The molecule has 0 aliphatic heterocycles. The molecule has 0 atom stereocenters. The fourth-order valence-electron chi connectivity index (χ4n) is 3.12. The van der Waals surface area contributed by atoms with E-state index in [0.717, 1.165) is 37.6 Å². The summed E-state index contributed by atoms with van der Waals surface area (Å²) in [5.74, 6) is 0.203. The maximum Gasteiger partial charge on any atom is 0.220 e. The molecule has 0 radical (unpaired) electrons. The average Bonchev–Trinajstić information content (AvgIpc) is 2.93. The van der Waals surface area contributed by atoms with Crippen LogP contribution in [0.25, 0.3) is 10.9 Å². The molecule has 0 bridgehead atoms. The van der Waals surface area contributed by atoms with Gasteiger partial charge in [0.25, 0.3) is 0 Å². The number of benzene rings is 1. The van der Waals surface area contributed by atoms with Crippen molar-refractivity contribution < 1.29 is 9.59 Å². The van der Waals surface area contributed by atoms with E-state index in [1.165, 1.54) is 16.6 Å². The first kappa shape index (κ1) is 19.0. The number of H-pyrrole nitrogens is 1. The minimum absolute atomic E-state index is 0.0883. The number of aromatic nitrogens is 1. The van der Waals surface area contributed by atoms with Crippen molar-refractivity contribution in [1.29, 1.82) is 0 Å². The molecule has 0 aliphatic carbocycles. The molecule has 2 amide bonds. The number of hydrogen-bond acceptors (Lipinski definition) is 2. The predicted octanol–water partition coefficient (Wildman–Crippen LogP) is 3.22. The summed E-state index contributed by atoms with van der Waals surface area (Å²) in [6.07, 6.45) is 5.74. The number of hydrogen-bond donors (Lipinski definition) is 3. The van der Waals surface area contributed by atoms with E-state index in [9.17, 15) is 9.59 Å². The van der Waals surface area contributed by atoms with Crippen LogP contribution in [0.2, 0.25) is 0 Å². The number of aryl methyl sites for hydroxylation is 1. The van der Waals surface area contributed by atoms with Crippen LogP contribution in [-0.4, -0.2) is 30.4 Å². The summed E-state index contributed by atoms with van der Waals surface area (Å²) in [5, 5.41) is 6.87. The van der Waals surface area contributed by atoms with E-state index in [4.69, 9.17) is 0 Å². The highest BCUT2D eigenvalue weighted by Crippen LogP contribution is 2.21. The van der Waals surface area contributed by atoms with Gasteiger partial charge in [-0.1, -0.05) is 31.0 Å². The van der Waals surface area contributed by atoms with E-state index in [1.807, 2.05) is 12.1 Å². The third kappa shape index (κ3) is 5.93. The first-order valence-corrected chi connectivity index (χ1v) is 9.15. The van der Waals surface area contributed by atoms with E-state index in [0.29, 0.717) is 19.4 Å². The van der Waals surface area contributed by atoms with Gasteiger partial charge in [-0.25, -0.2) is 0 Å². The number of carbonyl (C=O) groups excluding carboxylic acids is 2. The van der Waals surface area contributed by atoms with E-state index in [1.54, 1.807) is 7.05 Å². The highest BCUT2D eigenvalue weighted by Gasteiger charge is 2.08. The second-order valence-electron chi connectivity index (χ2n) is 6.46. The van der Waals surface area contributed by atoms with Crippen molar-refractivity contribution in [3.05, 3.63) is 35.5 Å². The van der Waals surface area contributed by atoms with Crippen molar-refractivity contribution in [2.24, 2.45) is 0 Å². The molecule has 0 saturated heterocycles. The van der Waals surface area contributed by atoms with Gasteiger partial charge in [0.2, 0.25) is 11.8 Å². The van der Waals surface area contributed by atoms with Gasteiger partial charge in [-0.05, 0) is 37.8 Å². The van der Waals surface area contributed by atoms with Crippen LogP contribution in [0, 0.1) is 6.92 Å². The van der Waals surface area contributed by atoms with Gasteiger partial charge in [0.1, 0.15) is 0 Å². The molecule has 1 heterocycles. The predicted molar refractivity (Wildman–Crippen MR) is 102 cm³/mol. The van der Waals surface area contributed by atoms with Crippen molar-refractivity contribution in [2.75, 3.05) is 13.6 Å².